The van der Waals surface area contributed by atoms with Crippen molar-refractivity contribution in [3.05, 3.63) is 90.5 Å². The van der Waals surface area contributed by atoms with Gasteiger partial charge < -0.3 is 9.88 Å². The molecule has 6 heteroatoms. The largest absolute Gasteiger partial charge is 0.331 e. The highest BCUT2D eigenvalue weighted by atomic mass is 16.2. The van der Waals surface area contributed by atoms with E-state index >= 15 is 0 Å². The average molecular weight is 437 g/mol. The number of aromatic nitrogens is 1. The van der Waals surface area contributed by atoms with Gasteiger partial charge in [-0.2, -0.15) is 0 Å². The minimum Gasteiger partial charge on any atom is -0.331 e. The number of likely N-dealkylation sites (tertiary alicyclic amines) is 1. The van der Waals surface area contributed by atoms with Crippen molar-refractivity contribution in [2.45, 2.75) is 25.9 Å². The Labute approximate surface area is 191 Å². The van der Waals surface area contributed by atoms with Crippen LogP contribution in [0, 0.1) is 0 Å². The lowest BCUT2D eigenvalue weighted by atomic mass is 10.1. The lowest BCUT2D eigenvalue weighted by Gasteiger charge is -2.14. The molecule has 164 valence electrons. The molecule has 6 nitrogen and oxygen atoms in total. The van der Waals surface area contributed by atoms with E-state index in [-0.39, 0.29) is 43.7 Å². The van der Waals surface area contributed by atoms with Gasteiger partial charge in [-0.1, -0.05) is 60.7 Å². The molecule has 0 radical (unpaired) electrons. The Morgan fingerprint density at radius 3 is 2.21 bits per heavy atom. The highest BCUT2D eigenvalue weighted by Gasteiger charge is 2.28. The van der Waals surface area contributed by atoms with Gasteiger partial charge >= 0.3 is 0 Å². The molecule has 5 rings (SSSR count). The summed E-state index contributed by atoms with van der Waals surface area (Å²) in [5, 5.41) is 4.04. The number of rotatable bonds is 6. The summed E-state index contributed by atoms with van der Waals surface area (Å²) in [6.07, 6.45) is 0.567. The van der Waals surface area contributed by atoms with Crippen LogP contribution in [0.3, 0.4) is 0 Å². The van der Waals surface area contributed by atoms with E-state index in [0.717, 1.165) is 27.7 Å². The quantitative estimate of drug-likeness (QED) is 0.448. The van der Waals surface area contributed by atoms with E-state index in [1.165, 1.54) is 4.90 Å². The maximum atomic E-state index is 12.9. The smallest absolute Gasteiger partial charge is 0.244 e. The van der Waals surface area contributed by atoms with E-state index in [2.05, 4.69) is 11.4 Å². The molecule has 33 heavy (non-hydrogen) atoms. The number of para-hydroxylation sites is 1. The number of hydrogen-bond acceptors (Lipinski definition) is 3. The Hall–Kier alpha value is -4.19. The van der Waals surface area contributed by atoms with Crippen LogP contribution in [-0.4, -0.2) is 27.2 Å². The molecule has 0 aliphatic carbocycles. The standard InChI is InChI=1S/C27H23N3O3/c31-25(28-22-12-10-19(11-13-22)17-30-26(32)14-15-27(30)33)18-29-23-9-5-4-8-21(23)16-24(29)20-6-2-1-3-7-20/h1-13,16H,14-15,17-18H2,(H,28,31). The molecule has 0 bridgehead atoms. The van der Waals surface area contributed by atoms with Crippen molar-refractivity contribution in [1.29, 1.82) is 0 Å². The number of fused-ring (bicyclic) bond motifs is 1. The summed E-state index contributed by atoms with van der Waals surface area (Å²) in [4.78, 5) is 37.9. The first kappa shape index (κ1) is 20.7. The average Bonchev–Trinajstić information content (AvgIpc) is 3.36. The zero-order valence-electron chi connectivity index (χ0n) is 18.0. The van der Waals surface area contributed by atoms with Gasteiger partial charge in [0.2, 0.25) is 17.7 Å². The normalized spacial score (nSPS) is 13.6. The van der Waals surface area contributed by atoms with Gasteiger partial charge in [0.25, 0.3) is 0 Å². The number of carbonyl (C=O) groups excluding carboxylic acids is 3. The van der Waals surface area contributed by atoms with E-state index in [4.69, 9.17) is 0 Å². The van der Waals surface area contributed by atoms with E-state index in [1.54, 1.807) is 12.1 Å². The number of carbonyl (C=O) groups is 3. The van der Waals surface area contributed by atoms with E-state index in [1.807, 2.05) is 71.3 Å². The van der Waals surface area contributed by atoms with Crippen LogP contribution in [-0.2, 0) is 27.5 Å². The topological polar surface area (TPSA) is 71.4 Å². The predicted octanol–water partition coefficient (Wildman–Crippen LogP) is 4.60. The van der Waals surface area contributed by atoms with Gasteiger partial charge in [-0.3, -0.25) is 19.3 Å². The second-order valence-electron chi connectivity index (χ2n) is 8.16. The third-order valence-electron chi connectivity index (χ3n) is 5.92. The molecule has 0 spiro atoms. The van der Waals surface area contributed by atoms with Crippen molar-refractivity contribution in [1.82, 2.24) is 9.47 Å². The zero-order chi connectivity index (χ0) is 22.8. The Kier molecular flexibility index (Phi) is 5.48. The second kappa shape index (κ2) is 8.74. The van der Waals surface area contributed by atoms with Crippen molar-refractivity contribution in [2.75, 3.05) is 5.32 Å². The summed E-state index contributed by atoms with van der Waals surface area (Å²) in [7, 11) is 0. The number of nitrogens with zero attached hydrogens (tertiary/aromatic N) is 2. The molecular weight excluding hydrogens is 414 g/mol. The summed E-state index contributed by atoms with van der Waals surface area (Å²) in [5.41, 5.74) is 4.56. The number of nitrogens with one attached hydrogen (secondary N) is 1. The molecule has 3 amide bonds. The fourth-order valence-electron chi connectivity index (χ4n) is 4.25. The highest BCUT2D eigenvalue weighted by molar-refractivity contribution is 6.01. The van der Waals surface area contributed by atoms with Crippen LogP contribution < -0.4 is 5.32 Å². The zero-order valence-corrected chi connectivity index (χ0v) is 18.0. The molecule has 0 saturated carbocycles. The number of imide groups is 1. The van der Waals surface area contributed by atoms with Crippen LogP contribution in [0.25, 0.3) is 22.2 Å². The molecule has 2 heterocycles. The Bertz CT molecular complexity index is 1320. The third kappa shape index (κ3) is 4.28. The summed E-state index contributed by atoms with van der Waals surface area (Å²) < 4.78 is 2.03. The van der Waals surface area contributed by atoms with Gasteiger partial charge in [-0.25, -0.2) is 0 Å². The summed E-state index contributed by atoms with van der Waals surface area (Å²) >= 11 is 0. The Balaban J connectivity index is 1.32. The van der Waals surface area contributed by atoms with Crippen LogP contribution in [0.15, 0.2) is 84.9 Å². The monoisotopic (exact) mass is 437 g/mol. The number of benzene rings is 3. The van der Waals surface area contributed by atoms with Gasteiger partial charge in [0.15, 0.2) is 0 Å². The van der Waals surface area contributed by atoms with Gasteiger partial charge in [0.1, 0.15) is 6.54 Å². The second-order valence-corrected chi connectivity index (χ2v) is 8.16. The van der Waals surface area contributed by atoms with Crippen molar-refractivity contribution < 1.29 is 14.4 Å². The van der Waals surface area contributed by atoms with Gasteiger partial charge in [-0.15, -0.1) is 0 Å². The van der Waals surface area contributed by atoms with Crippen molar-refractivity contribution in [2.24, 2.45) is 0 Å². The van der Waals surface area contributed by atoms with Crippen molar-refractivity contribution in [3.8, 4) is 11.3 Å². The maximum absolute atomic E-state index is 12.9. The van der Waals surface area contributed by atoms with Gasteiger partial charge in [-0.05, 0) is 35.4 Å². The first-order valence-corrected chi connectivity index (χ1v) is 10.9. The lowest BCUT2D eigenvalue weighted by molar-refractivity contribution is -0.139. The number of anilines is 1. The third-order valence-corrected chi connectivity index (χ3v) is 5.92. The van der Waals surface area contributed by atoms with Crippen LogP contribution >= 0.6 is 0 Å². The summed E-state index contributed by atoms with van der Waals surface area (Å²) in [5.74, 6) is -0.401. The molecule has 1 aliphatic rings. The molecule has 1 saturated heterocycles. The maximum Gasteiger partial charge on any atom is 0.244 e. The van der Waals surface area contributed by atoms with Crippen LogP contribution in [0.2, 0.25) is 0 Å². The first-order chi connectivity index (χ1) is 16.1. The van der Waals surface area contributed by atoms with E-state index in [0.29, 0.717) is 5.69 Å². The minimum absolute atomic E-state index is 0.133. The molecule has 0 unspecified atom stereocenters. The van der Waals surface area contributed by atoms with Crippen LogP contribution in [0.1, 0.15) is 18.4 Å². The molecule has 1 N–H and O–H groups in total. The predicted molar refractivity (Wildman–Crippen MR) is 127 cm³/mol. The molecule has 1 aromatic heterocycles. The first-order valence-electron chi connectivity index (χ1n) is 10.9. The van der Waals surface area contributed by atoms with Crippen molar-refractivity contribution >= 4 is 34.3 Å². The van der Waals surface area contributed by atoms with Crippen molar-refractivity contribution in [3.63, 3.8) is 0 Å². The SMILES string of the molecule is O=C(Cn1c(-c2ccccc2)cc2ccccc21)Nc1ccc(CN2C(=O)CCC2=O)cc1. The van der Waals surface area contributed by atoms with E-state index < -0.39 is 0 Å². The fraction of sp³-hybridized carbons (Fsp3) is 0.148. The van der Waals surface area contributed by atoms with Crippen LogP contribution in [0.5, 0.6) is 0 Å². The molecule has 1 aliphatic heterocycles. The molecule has 3 aromatic carbocycles. The van der Waals surface area contributed by atoms with Gasteiger partial charge in [0.05, 0.1) is 6.54 Å². The molecule has 4 aromatic rings. The molecule has 0 atom stereocenters. The number of hydrogen-bond donors (Lipinski definition) is 1. The molecular formula is C27H23N3O3. The fourth-order valence-corrected chi connectivity index (χ4v) is 4.25. The minimum atomic E-state index is -0.134. The molecule has 1 fully saturated rings. The summed E-state index contributed by atoms with van der Waals surface area (Å²) in [6.45, 7) is 0.442. The van der Waals surface area contributed by atoms with Crippen LogP contribution in [0.4, 0.5) is 5.69 Å². The highest BCUT2D eigenvalue weighted by Crippen LogP contribution is 2.28. The number of amides is 3. The van der Waals surface area contributed by atoms with E-state index in [9.17, 15) is 14.4 Å². The lowest BCUT2D eigenvalue weighted by Crippen LogP contribution is -2.28. The van der Waals surface area contributed by atoms with Gasteiger partial charge in [0, 0.05) is 35.1 Å². The Morgan fingerprint density at radius 2 is 1.48 bits per heavy atom. The Morgan fingerprint density at radius 1 is 0.818 bits per heavy atom. The summed E-state index contributed by atoms with van der Waals surface area (Å²) in [6, 6.07) is 27.4.